The topological polar surface area (TPSA) is 67.3 Å². The molecule has 0 spiro atoms. The number of nitrogens with zero attached hydrogens (tertiary/aromatic N) is 2. The molecule has 2 heterocycles. The Morgan fingerprint density at radius 2 is 1.88 bits per heavy atom. The Hall–Kier alpha value is -2.04. The second-order valence-corrected chi connectivity index (χ2v) is 3.58. The van der Waals surface area contributed by atoms with E-state index >= 15 is 0 Å². The zero-order chi connectivity index (χ0) is 11.7. The average Bonchev–Trinajstić information content (AvgIpc) is 2.59. The van der Waals surface area contributed by atoms with Crippen molar-refractivity contribution in [3.05, 3.63) is 23.9 Å². The Kier molecular flexibility index (Phi) is 2.52. The van der Waals surface area contributed by atoms with Crippen molar-refractivity contribution in [3.8, 4) is 0 Å². The summed E-state index contributed by atoms with van der Waals surface area (Å²) in [5.74, 6) is -0.295. The van der Waals surface area contributed by atoms with Crippen LogP contribution in [0.3, 0.4) is 0 Å². The van der Waals surface area contributed by atoms with Gasteiger partial charge in [0.2, 0.25) is 11.8 Å². The molecular weight excluding hydrogens is 208 g/mol. The molecule has 0 unspecified atom stereocenters. The van der Waals surface area contributed by atoms with Crippen LogP contribution in [0.1, 0.15) is 30.1 Å². The third-order valence-corrected chi connectivity index (χ3v) is 2.44. The molecule has 0 aliphatic carbocycles. The molecule has 2 amide bonds. The van der Waals surface area contributed by atoms with Crippen LogP contribution in [0.4, 0.5) is 5.82 Å². The molecule has 5 heteroatoms. The minimum absolute atomic E-state index is 0.0990. The number of rotatable bonds is 2. The normalized spacial score (nSPS) is 15.7. The van der Waals surface area contributed by atoms with Gasteiger partial charge in [-0.15, -0.1) is 0 Å². The highest BCUT2D eigenvalue weighted by Gasteiger charge is 2.31. The van der Waals surface area contributed by atoms with Gasteiger partial charge in [-0.3, -0.25) is 14.4 Å². The van der Waals surface area contributed by atoms with Crippen molar-refractivity contribution in [3.63, 3.8) is 0 Å². The molecule has 5 nitrogen and oxygen atoms in total. The molecule has 1 aromatic rings. The molecule has 1 saturated heterocycles. The third kappa shape index (κ3) is 1.71. The molecule has 0 saturated carbocycles. The summed E-state index contributed by atoms with van der Waals surface area (Å²) in [6.45, 7) is 1.43. The number of ketones is 1. The first-order valence-corrected chi connectivity index (χ1v) is 4.92. The number of imide groups is 1. The Labute approximate surface area is 92.1 Å². The Morgan fingerprint density at radius 3 is 2.31 bits per heavy atom. The SMILES string of the molecule is CC(=O)c1ccc(N2C(=O)CCC2=O)nc1. The lowest BCUT2D eigenvalue weighted by atomic mass is 10.2. The number of Topliss-reactive ketones (excluding diaryl/α,β-unsaturated/α-hetero) is 1. The van der Waals surface area contributed by atoms with E-state index in [0.29, 0.717) is 5.56 Å². The highest BCUT2D eigenvalue weighted by molar-refractivity contribution is 6.19. The fourth-order valence-electron chi connectivity index (χ4n) is 1.56. The lowest BCUT2D eigenvalue weighted by Gasteiger charge is -2.12. The molecule has 16 heavy (non-hydrogen) atoms. The van der Waals surface area contributed by atoms with Crippen LogP contribution in [0.2, 0.25) is 0 Å². The summed E-state index contributed by atoms with van der Waals surface area (Å²) in [7, 11) is 0. The van der Waals surface area contributed by atoms with E-state index in [1.54, 1.807) is 6.07 Å². The van der Waals surface area contributed by atoms with Crippen LogP contribution in [0.5, 0.6) is 0 Å². The average molecular weight is 218 g/mol. The zero-order valence-electron chi connectivity index (χ0n) is 8.77. The molecule has 1 aromatic heterocycles. The molecule has 1 fully saturated rings. The minimum atomic E-state index is -0.243. The van der Waals surface area contributed by atoms with Crippen molar-refractivity contribution in [2.75, 3.05) is 4.90 Å². The van der Waals surface area contributed by atoms with Gasteiger partial charge in [-0.25, -0.2) is 9.88 Å². The maximum atomic E-state index is 11.4. The van der Waals surface area contributed by atoms with E-state index in [0.717, 1.165) is 4.90 Å². The van der Waals surface area contributed by atoms with Gasteiger partial charge in [0, 0.05) is 24.6 Å². The van der Waals surface area contributed by atoms with E-state index in [1.807, 2.05) is 0 Å². The summed E-state index contributed by atoms with van der Waals surface area (Å²) < 4.78 is 0. The summed E-state index contributed by atoms with van der Waals surface area (Å²) in [5, 5.41) is 0. The zero-order valence-corrected chi connectivity index (χ0v) is 8.77. The summed E-state index contributed by atoms with van der Waals surface area (Å²) in [6.07, 6.45) is 1.83. The fraction of sp³-hybridized carbons (Fsp3) is 0.273. The smallest absolute Gasteiger partial charge is 0.235 e. The van der Waals surface area contributed by atoms with E-state index in [2.05, 4.69) is 4.98 Å². The van der Waals surface area contributed by atoms with Crippen molar-refractivity contribution in [1.82, 2.24) is 4.98 Å². The van der Waals surface area contributed by atoms with Crippen LogP contribution in [-0.4, -0.2) is 22.6 Å². The number of pyridine rings is 1. The monoisotopic (exact) mass is 218 g/mol. The minimum Gasteiger partial charge on any atom is -0.294 e. The second-order valence-electron chi connectivity index (χ2n) is 3.58. The molecule has 1 aliphatic rings. The van der Waals surface area contributed by atoms with Crippen LogP contribution in [0.15, 0.2) is 18.3 Å². The van der Waals surface area contributed by atoms with Gasteiger partial charge in [-0.1, -0.05) is 0 Å². The first kappa shape index (κ1) is 10.5. The van der Waals surface area contributed by atoms with Crippen molar-refractivity contribution in [2.45, 2.75) is 19.8 Å². The van der Waals surface area contributed by atoms with E-state index < -0.39 is 0 Å². The summed E-state index contributed by atoms with van der Waals surface area (Å²) >= 11 is 0. The van der Waals surface area contributed by atoms with Gasteiger partial charge < -0.3 is 0 Å². The maximum absolute atomic E-state index is 11.4. The first-order valence-electron chi connectivity index (χ1n) is 4.92. The van der Waals surface area contributed by atoms with Crippen LogP contribution >= 0.6 is 0 Å². The van der Waals surface area contributed by atoms with E-state index in [4.69, 9.17) is 0 Å². The molecule has 1 aliphatic heterocycles. The van der Waals surface area contributed by atoms with Crippen LogP contribution in [0.25, 0.3) is 0 Å². The molecule has 82 valence electrons. The van der Waals surface area contributed by atoms with Gasteiger partial charge in [0.15, 0.2) is 5.78 Å². The highest BCUT2D eigenvalue weighted by atomic mass is 16.2. The lowest BCUT2D eigenvalue weighted by molar-refractivity contribution is -0.121. The number of amides is 2. The predicted octanol–water partition coefficient (Wildman–Crippen LogP) is 0.938. The fourth-order valence-corrected chi connectivity index (χ4v) is 1.56. The molecule has 0 radical (unpaired) electrons. The van der Waals surface area contributed by atoms with Gasteiger partial charge in [-0.05, 0) is 19.1 Å². The highest BCUT2D eigenvalue weighted by Crippen LogP contribution is 2.20. The molecular formula is C11H10N2O3. The number of hydrogen-bond acceptors (Lipinski definition) is 4. The van der Waals surface area contributed by atoms with Gasteiger partial charge in [0.25, 0.3) is 0 Å². The number of anilines is 1. The number of hydrogen-bond donors (Lipinski definition) is 0. The quantitative estimate of drug-likeness (QED) is 0.547. The van der Waals surface area contributed by atoms with Gasteiger partial charge in [-0.2, -0.15) is 0 Å². The van der Waals surface area contributed by atoms with Gasteiger partial charge >= 0.3 is 0 Å². The molecule has 0 atom stereocenters. The van der Waals surface area contributed by atoms with E-state index in [-0.39, 0.29) is 36.3 Å². The second kappa shape index (κ2) is 3.84. The third-order valence-electron chi connectivity index (χ3n) is 2.44. The molecule has 0 bridgehead atoms. The van der Waals surface area contributed by atoms with Crippen molar-refractivity contribution in [2.24, 2.45) is 0 Å². The molecule has 0 N–H and O–H groups in total. The Balaban J connectivity index is 2.31. The van der Waals surface area contributed by atoms with Crippen molar-refractivity contribution >= 4 is 23.4 Å². The summed E-state index contributed by atoms with van der Waals surface area (Å²) in [5.41, 5.74) is 0.461. The Morgan fingerprint density at radius 1 is 1.25 bits per heavy atom. The standard InChI is InChI=1S/C11H10N2O3/c1-7(14)8-2-3-9(12-6-8)13-10(15)4-5-11(13)16/h2-3,6H,4-5H2,1H3. The number of carbonyl (C=O) groups is 3. The number of carbonyl (C=O) groups excluding carboxylic acids is 3. The predicted molar refractivity (Wildman–Crippen MR) is 56.0 cm³/mol. The van der Waals surface area contributed by atoms with Gasteiger partial charge in [0.05, 0.1) is 0 Å². The summed E-state index contributed by atoms with van der Waals surface area (Å²) in [4.78, 5) is 38.8. The molecule has 0 aromatic carbocycles. The van der Waals surface area contributed by atoms with Crippen LogP contribution in [0, 0.1) is 0 Å². The van der Waals surface area contributed by atoms with Crippen LogP contribution < -0.4 is 4.90 Å². The lowest BCUT2D eigenvalue weighted by Crippen LogP contribution is -2.29. The number of aromatic nitrogens is 1. The molecule has 2 rings (SSSR count). The van der Waals surface area contributed by atoms with Crippen LogP contribution in [-0.2, 0) is 9.59 Å². The van der Waals surface area contributed by atoms with Crippen molar-refractivity contribution in [1.29, 1.82) is 0 Å². The summed E-state index contributed by atoms with van der Waals surface area (Å²) in [6, 6.07) is 3.07. The van der Waals surface area contributed by atoms with E-state index in [1.165, 1.54) is 19.2 Å². The maximum Gasteiger partial charge on any atom is 0.235 e. The Bertz CT molecular complexity index is 449. The van der Waals surface area contributed by atoms with Gasteiger partial charge in [0.1, 0.15) is 5.82 Å². The largest absolute Gasteiger partial charge is 0.294 e. The van der Waals surface area contributed by atoms with Crippen molar-refractivity contribution < 1.29 is 14.4 Å². The van der Waals surface area contributed by atoms with E-state index in [9.17, 15) is 14.4 Å². The first-order chi connectivity index (χ1) is 7.59.